The Hall–Kier alpha value is -2.89. The Kier molecular flexibility index (Phi) is 9.86. The third kappa shape index (κ3) is 8.34. The fraction of sp³-hybridized carbons (Fsp3) is 0.750. The van der Waals surface area contributed by atoms with Gasteiger partial charge in [0.05, 0.1) is 6.61 Å². The number of carbonyl (C=O) groups is 4. The molecule has 5 atom stereocenters. The number of ether oxygens (including phenoxy) is 6. The van der Waals surface area contributed by atoms with Crippen LogP contribution in [0.5, 0.6) is 0 Å². The molecule has 0 aromatic rings. The summed E-state index contributed by atoms with van der Waals surface area (Å²) in [7, 11) is 0. The summed E-state index contributed by atoms with van der Waals surface area (Å²) in [6, 6.07) is 0. The van der Waals surface area contributed by atoms with Gasteiger partial charge in [0.1, 0.15) is 12.7 Å². The highest BCUT2D eigenvalue weighted by atomic mass is 16.7. The molecule has 1 saturated heterocycles. The maximum absolute atomic E-state index is 11.6. The number of hydrogen-bond donors (Lipinski definition) is 0. The molecule has 162 valence electrons. The van der Waals surface area contributed by atoms with E-state index in [1.54, 1.807) is 0 Å². The highest BCUT2D eigenvalue weighted by molar-refractivity contribution is 5.68. The molecule has 1 aliphatic rings. The number of carbonyl (C=O) groups excluding carboxylic acids is 4. The average molecular weight is 417 g/mol. The minimum absolute atomic E-state index is 0.0522. The van der Waals surface area contributed by atoms with Crippen LogP contribution in [0.3, 0.4) is 0 Å². The van der Waals surface area contributed by atoms with Crippen LogP contribution in [0, 0.1) is 0 Å². The highest BCUT2D eigenvalue weighted by Gasteiger charge is 2.52. The Morgan fingerprint density at radius 1 is 0.897 bits per heavy atom. The number of azide groups is 1. The van der Waals surface area contributed by atoms with Crippen molar-refractivity contribution in [2.45, 2.75) is 58.4 Å². The zero-order valence-electron chi connectivity index (χ0n) is 16.4. The summed E-state index contributed by atoms with van der Waals surface area (Å²) in [5.74, 6) is -2.83. The van der Waals surface area contributed by atoms with E-state index in [1.165, 1.54) is 6.92 Å². The van der Waals surface area contributed by atoms with Crippen LogP contribution in [0.2, 0.25) is 0 Å². The molecule has 0 N–H and O–H groups in total. The smallest absolute Gasteiger partial charge is 0.303 e. The Balaban J connectivity index is 3.22. The largest absolute Gasteiger partial charge is 0.463 e. The molecule has 29 heavy (non-hydrogen) atoms. The number of hydrogen-bond acceptors (Lipinski definition) is 11. The van der Waals surface area contributed by atoms with E-state index in [4.69, 9.17) is 34.0 Å². The fourth-order valence-electron chi connectivity index (χ4n) is 2.58. The molecule has 0 radical (unpaired) electrons. The van der Waals surface area contributed by atoms with Gasteiger partial charge in [0, 0.05) is 39.2 Å². The summed E-state index contributed by atoms with van der Waals surface area (Å²) in [5.41, 5.74) is 8.35. The van der Waals surface area contributed by atoms with Crippen molar-refractivity contribution in [1.82, 2.24) is 0 Å². The molecule has 1 aliphatic heterocycles. The molecule has 1 heterocycles. The second-order valence-electron chi connectivity index (χ2n) is 5.89. The fourth-order valence-corrected chi connectivity index (χ4v) is 2.58. The first-order valence-corrected chi connectivity index (χ1v) is 8.58. The van der Waals surface area contributed by atoms with Crippen molar-refractivity contribution in [3.63, 3.8) is 0 Å². The lowest BCUT2D eigenvalue weighted by Crippen LogP contribution is -2.63. The van der Waals surface area contributed by atoms with Crippen LogP contribution in [0.25, 0.3) is 10.4 Å². The summed E-state index contributed by atoms with van der Waals surface area (Å²) in [4.78, 5) is 48.5. The van der Waals surface area contributed by atoms with Gasteiger partial charge in [-0.2, -0.15) is 0 Å². The van der Waals surface area contributed by atoms with Gasteiger partial charge >= 0.3 is 23.9 Å². The van der Waals surface area contributed by atoms with E-state index in [9.17, 15) is 19.2 Å². The summed E-state index contributed by atoms with van der Waals surface area (Å²) >= 11 is 0. The van der Waals surface area contributed by atoms with Gasteiger partial charge in [-0.3, -0.25) is 19.2 Å². The lowest BCUT2D eigenvalue weighted by atomic mass is 9.98. The van der Waals surface area contributed by atoms with E-state index in [0.717, 1.165) is 20.8 Å². The van der Waals surface area contributed by atoms with E-state index in [-0.39, 0.29) is 19.8 Å². The van der Waals surface area contributed by atoms with Crippen molar-refractivity contribution in [1.29, 1.82) is 0 Å². The molecule has 1 rings (SSSR count). The number of rotatable bonds is 9. The summed E-state index contributed by atoms with van der Waals surface area (Å²) in [5, 5.41) is 3.31. The molecule has 0 aromatic carbocycles. The van der Waals surface area contributed by atoms with Crippen LogP contribution in [0.15, 0.2) is 5.11 Å². The van der Waals surface area contributed by atoms with Crippen molar-refractivity contribution in [2.24, 2.45) is 5.11 Å². The molecule has 0 saturated carbocycles. The van der Waals surface area contributed by atoms with Crippen LogP contribution >= 0.6 is 0 Å². The highest BCUT2D eigenvalue weighted by Crippen LogP contribution is 2.29. The minimum atomic E-state index is -1.31. The molecule has 13 nitrogen and oxygen atoms in total. The SMILES string of the molecule is CC(=O)OCC1O[C@H](OCCN=[N+]=[N-])C(OC(C)=O)[C@@H](OC(C)=O)[C@H]1OC(C)=O. The molecule has 0 bridgehead atoms. The summed E-state index contributed by atoms with van der Waals surface area (Å²) in [6.45, 7) is 4.01. The second-order valence-corrected chi connectivity index (χ2v) is 5.89. The van der Waals surface area contributed by atoms with Gasteiger partial charge < -0.3 is 28.4 Å². The van der Waals surface area contributed by atoms with Crippen LogP contribution in [-0.2, 0) is 47.6 Å². The zero-order chi connectivity index (χ0) is 22.0. The maximum atomic E-state index is 11.6. The minimum Gasteiger partial charge on any atom is -0.463 e. The predicted octanol–water partition coefficient (Wildman–Crippen LogP) is 0.396. The van der Waals surface area contributed by atoms with E-state index in [0.29, 0.717) is 0 Å². The van der Waals surface area contributed by atoms with E-state index in [1.807, 2.05) is 0 Å². The first-order valence-electron chi connectivity index (χ1n) is 8.58. The van der Waals surface area contributed by atoms with Crippen molar-refractivity contribution in [2.75, 3.05) is 19.8 Å². The topological polar surface area (TPSA) is 172 Å². The van der Waals surface area contributed by atoms with Gasteiger partial charge in [-0.05, 0) is 5.53 Å². The summed E-state index contributed by atoms with van der Waals surface area (Å²) in [6.07, 6.45) is -6.25. The maximum Gasteiger partial charge on any atom is 0.303 e. The van der Waals surface area contributed by atoms with Crippen molar-refractivity contribution in [3.05, 3.63) is 10.4 Å². The first-order chi connectivity index (χ1) is 13.6. The van der Waals surface area contributed by atoms with Gasteiger partial charge in [0.25, 0.3) is 0 Å². The predicted molar refractivity (Wildman–Crippen MR) is 91.9 cm³/mol. The summed E-state index contributed by atoms with van der Waals surface area (Å²) < 4.78 is 31.7. The van der Waals surface area contributed by atoms with Gasteiger partial charge in [0.2, 0.25) is 0 Å². The van der Waals surface area contributed by atoms with Crippen LogP contribution in [0.1, 0.15) is 27.7 Å². The van der Waals surface area contributed by atoms with Crippen LogP contribution in [0.4, 0.5) is 0 Å². The Labute approximate surface area is 166 Å². The Morgan fingerprint density at radius 3 is 1.97 bits per heavy atom. The van der Waals surface area contributed by atoms with E-state index in [2.05, 4.69) is 10.0 Å². The number of nitrogens with zero attached hydrogens (tertiary/aromatic N) is 3. The van der Waals surface area contributed by atoms with Crippen molar-refractivity contribution >= 4 is 23.9 Å². The lowest BCUT2D eigenvalue weighted by molar-refractivity contribution is -0.307. The molecular weight excluding hydrogens is 394 g/mol. The molecule has 1 fully saturated rings. The van der Waals surface area contributed by atoms with Crippen LogP contribution < -0.4 is 0 Å². The zero-order valence-corrected chi connectivity index (χ0v) is 16.4. The number of esters is 4. The molecule has 0 aliphatic carbocycles. The van der Waals surface area contributed by atoms with Gasteiger partial charge in [0.15, 0.2) is 24.6 Å². The normalized spacial score (nSPS) is 25.9. The van der Waals surface area contributed by atoms with Gasteiger partial charge in [-0.1, -0.05) is 5.11 Å². The molecule has 0 spiro atoms. The van der Waals surface area contributed by atoms with Gasteiger partial charge in [-0.15, -0.1) is 0 Å². The van der Waals surface area contributed by atoms with Crippen LogP contribution in [-0.4, -0.2) is 74.3 Å². The lowest BCUT2D eigenvalue weighted by Gasteiger charge is -2.44. The van der Waals surface area contributed by atoms with Crippen molar-refractivity contribution in [3.8, 4) is 0 Å². The standard InChI is InChI=1S/C16H23N3O10/c1-8(20)25-7-12-13(26-9(2)21)14(27-10(3)22)15(28-11(4)23)16(29-12)24-6-5-18-19-17/h12-16H,5-7H2,1-4H3/t12?,13-,14-,15?,16-/m0/s1. The monoisotopic (exact) mass is 417 g/mol. The molecule has 0 amide bonds. The average Bonchev–Trinajstić information content (AvgIpc) is 2.60. The van der Waals surface area contributed by atoms with Gasteiger partial charge in [-0.25, -0.2) is 0 Å². The molecule has 13 heteroatoms. The molecular formula is C16H23N3O10. The molecule has 2 unspecified atom stereocenters. The van der Waals surface area contributed by atoms with E-state index < -0.39 is 54.6 Å². The quantitative estimate of drug-likeness (QED) is 0.128. The third-order valence-corrected chi connectivity index (χ3v) is 3.48. The molecule has 0 aromatic heterocycles. The second kappa shape index (κ2) is 11.8. The first kappa shape index (κ1) is 24.1. The Morgan fingerprint density at radius 2 is 1.45 bits per heavy atom. The Bertz CT molecular complexity index is 663. The van der Waals surface area contributed by atoms with E-state index >= 15 is 0 Å². The van der Waals surface area contributed by atoms with Crippen molar-refractivity contribution < 1.29 is 47.6 Å². The third-order valence-electron chi connectivity index (χ3n) is 3.48.